The minimum Gasteiger partial charge on any atom is -0.363 e. The summed E-state index contributed by atoms with van der Waals surface area (Å²) >= 11 is 0. The predicted molar refractivity (Wildman–Crippen MR) is 86.8 cm³/mol. The summed E-state index contributed by atoms with van der Waals surface area (Å²) in [6, 6.07) is 11.9. The van der Waals surface area contributed by atoms with E-state index in [0.29, 0.717) is 6.54 Å². The van der Waals surface area contributed by atoms with Crippen molar-refractivity contribution in [2.45, 2.75) is 13.5 Å². The Bertz CT molecular complexity index is 958. The van der Waals surface area contributed by atoms with Crippen molar-refractivity contribution < 1.29 is 0 Å². The van der Waals surface area contributed by atoms with E-state index in [0.717, 1.165) is 28.2 Å². The van der Waals surface area contributed by atoms with Gasteiger partial charge in [-0.15, -0.1) is 0 Å². The topological polar surface area (TPSA) is 55.1 Å². The molecule has 3 heterocycles. The van der Waals surface area contributed by atoms with Crippen molar-refractivity contribution in [3.8, 4) is 0 Å². The van der Waals surface area contributed by atoms with E-state index in [-0.39, 0.29) is 0 Å². The summed E-state index contributed by atoms with van der Waals surface area (Å²) in [6.07, 6.45) is 5.85. The largest absolute Gasteiger partial charge is 0.363 e. The molecule has 0 aliphatic rings. The number of anilines is 1. The lowest BCUT2D eigenvalue weighted by atomic mass is 10.3. The smallest absolute Gasteiger partial charge is 0.145 e. The fourth-order valence-corrected chi connectivity index (χ4v) is 2.46. The third kappa shape index (κ3) is 2.37. The fraction of sp³-hybridized carbons (Fsp3) is 0.118. The molecule has 0 bridgehead atoms. The standard InChI is InChI=1S/C17H15N5/c1-12-6-7-17-20-13(11-22(17)10-12)8-19-16-9-18-14-4-2-3-5-15(14)21-16/h2-7,9-11H,8H2,1H3,(H,19,21). The van der Waals surface area contributed by atoms with Crippen LogP contribution in [0.5, 0.6) is 0 Å². The lowest BCUT2D eigenvalue weighted by Crippen LogP contribution is -2.02. The van der Waals surface area contributed by atoms with E-state index in [2.05, 4.69) is 39.5 Å². The van der Waals surface area contributed by atoms with Crippen molar-refractivity contribution in [1.82, 2.24) is 19.4 Å². The fourth-order valence-electron chi connectivity index (χ4n) is 2.46. The molecule has 1 N–H and O–H groups in total. The molecule has 0 aliphatic heterocycles. The monoisotopic (exact) mass is 289 g/mol. The Balaban J connectivity index is 1.56. The zero-order valence-electron chi connectivity index (χ0n) is 12.2. The van der Waals surface area contributed by atoms with E-state index in [1.165, 1.54) is 5.56 Å². The summed E-state index contributed by atoms with van der Waals surface area (Å²) < 4.78 is 2.04. The first-order chi connectivity index (χ1) is 10.8. The molecule has 3 aromatic heterocycles. The molecule has 0 saturated carbocycles. The molecule has 0 aliphatic carbocycles. The Morgan fingerprint density at radius 3 is 2.77 bits per heavy atom. The molecular weight excluding hydrogens is 274 g/mol. The summed E-state index contributed by atoms with van der Waals surface area (Å²) in [5, 5.41) is 3.28. The first kappa shape index (κ1) is 12.8. The van der Waals surface area contributed by atoms with Crippen LogP contribution >= 0.6 is 0 Å². The van der Waals surface area contributed by atoms with Crippen LogP contribution in [-0.4, -0.2) is 19.4 Å². The van der Waals surface area contributed by atoms with E-state index in [4.69, 9.17) is 0 Å². The molecule has 4 aromatic rings. The van der Waals surface area contributed by atoms with Gasteiger partial charge in [-0.2, -0.15) is 0 Å². The van der Waals surface area contributed by atoms with Gasteiger partial charge in [0.15, 0.2) is 0 Å². The Hall–Kier alpha value is -2.95. The predicted octanol–water partition coefficient (Wildman–Crippen LogP) is 3.20. The van der Waals surface area contributed by atoms with Crippen LogP contribution in [0.25, 0.3) is 16.7 Å². The van der Waals surface area contributed by atoms with Crippen molar-refractivity contribution >= 4 is 22.5 Å². The van der Waals surface area contributed by atoms with Crippen LogP contribution < -0.4 is 5.32 Å². The number of imidazole rings is 1. The van der Waals surface area contributed by atoms with Crippen molar-refractivity contribution in [3.05, 3.63) is 66.2 Å². The molecule has 0 radical (unpaired) electrons. The second kappa shape index (κ2) is 5.11. The molecule has 1 aromatic carbocycles. The average Bonchev–Trinajstić information content (AvgIpc) is 2.94. The van der Waals surface area contributed by atoms with E-state index in [1.807, 2.05) is 40.9 Å². The summed E-state index contributed by atoms with van der Waals surface area (Å²) in [4.78, 5) is 13.5. The lowest BCUT2D eigenvalue weighted by molar-refractivity contribution is 1.05. The summed E-state index contributed by atoms with van der Waals surface area (Å²) in [6.45, 7) is 2.69. The second-order valence-electron chi connectivity index (χ2n) is 5.30. The summed E-state index contributed by atoms with van der Waals surface area (Å²) in [7, 11) is 0. The molecule has 0 amide bonds. The number of nitrogens with one attached hydrogen (secondary N) is 1. The molecule has 0 unspecified atom stereocenters. The molecule has 0 atom stereocenters. The van der Waals surface area contributed by atoms with E-state index < -0.39 is 0 Å². The maximum Gasteiger partial charge on any atom is 0.145 e. The molecule has 4 rings (SSSR count). The highest BCUT2D eigenvalue weighted by molar-refractivity contribution is 5.75. The minimum atomic E-state index is 0.619. The van der Waals surface area contributed by atoms with E-state index >= 15 is 0 Å². The average molecular weight is 289 g/mol. The normalized spacial score (nSPS) is 11.1. The van der Waals surface area contributed by atoms with Gasteiger partial charge < -0.3 is 9.72 Å². The minimum absolute atomic E-state index is 0.619. The van der Waals surface area contributed by atoms with Gasteiger partial charge in [0.25, 0.3) is 0 Å². The molecule has 5 nitrogen and oxygen atoms in total. The number of aromatic nitrogens is 4. The first-order valence-corrected chi connectivity index (χ1v) is 7.18. The van der Waals surface area contributed by atoms with Gasteiger partial charge in [-0.05, 0) is 30.7 Å². The van der Waals surface area contributed by atoms with Crippen LogP contribution in [0.15, 0.2) is 55.0 Å². The van der Waals surface area contributed by atoms with Gasteiger partial charge in [-0.3, -0.25) is 4.98 Å². The number of hydrogen-bond donors (Lipinski definition) is 1. The quantitative estimate of drug-likeness (QED) is 0.629. The van der Waals surface area contributed by atoms with Crippen LogP contribution in [0.3, 0.4) is 0 Å². The number of pyridine rings is 1. The zero-order chi connectivity index (χ0) is 14.9. The Morgan fingerprint density at radius 2 is 1.86 bits per heavy atom. The van der Waals surface area contributed by atoms with Gasteiger partial charge in [0.1, 0.15) is 11.5 Å². The number of aryl methyl sites for hydroxylation is 1. The van der Waals surface area contributed by atoms with Crippen molar-refractivity contribution in [3.63, 3.8) is 0 Å². The van der Waals surface area contributed by atoms with Gasteiger partial charge in [-0.1, -0.05) is 18.2 Å². The van der Waals surface area contributed by atoms with Crippen LogP contribution in [-0.2, 0) is 6.54 Å². The molecule has 0 spiro atoms. The van der Waals surface area contributed by atoms with E-state index in [9.17, 15) is 0 Å². The third-order valence-corrected chi connectivity index (χ3v) is 3.55. The highest BCUT2D eigenvalue weighted by Crippen LogP contribution is 2.13. The number of rotatable bonds is 3. The van der Waals surface area contributed by atoms with Gasteiger partial charge in [0.2, 0.25) is 0 Å². The Morgan fingerprint density at radius 1 is 1.00 bits per heavy atom. The van der Waals surface area contributed by atoms with Crippen LogP contribution in [0.4, 0.5) is 5.82 Å². The van der Waals surface area contributed by atoms with Crippen molar-refractivity contribution in [2.75, 3.05) is 5.32 Å². The number of nitrogens with zero attached hydrogens (tertiary/aromatic N) is 4. The second-order valence-corrected chi connectivity index (χ2v) is 5.30. The van der Waals surface area contributed by atoms with Gasteiger partial charge in [0, 0.05) is 12.4 Å². The van der Waals surface area contributed by atoms with Gasteiger partial charge in [-0.25, -0.2) is 9.97 Å². The number of hydrogen-bond acceptors (Lipinski definition) is 4. The zero-order valence-corrected chi connectivity index (χ0v) is 12.2. The molecular formula is C17H15N5. The van der Waals surface area contributed by atoms with Crippen LogP contribution in [0.1, 0.15) is 11.3 Å². The maximum atomic E-state index is 4.58. The van der Waals surface area contributed by atoms with Gasteiger partial charge in [0.05, 0.1) is 29.5 Å². The summed E-state index contributed by atoms with van der Waals surface area (Å²) in [5.41, 5.74) is 4.92. The number of fused-ring (bicyclic) bond motifs is 2. The molecule has 5 heteroatoms. The lowest BCUT2D eigenvalue weighted by Gasteiger charge is -2.04. The SMILES string of the molecule is Cc1ccc2nc(CNc3cnc4ccccc4n3)cn2c1. The molecule has 22 heavy (non-hydrogen) atoms. The van der Waals surface area contributed by atoms with E-state index in [1.54, 1.807) is 6.20 Å². The summed E-state index contributed by atoms with van der Waals surface area (Å²) in [5.74, 6) is 0.756. The Labute approximate surface area is 127 Å². The Kier molecular flexibility index (Phi) is 2.96. The van der Waals surface area contributed by atoms with Crippen LogP contribution in [0, 0.1) is 6.92 Å². The third-order valence-electron chi connectivity index (χ3n) is 3.55. The molecule has 0 saturated heterocycles. The number of para-hydroxylation sites is 2. The molecule has 108 valence electrons. The maximum absolute atomic E-state index is 4.58. The van der Waals surface area contributed by atoms with Crippen LogP contribution in [0.2, 0.25) is 0 Å². The molecule has 0 fully saturated rings. The first-order valence-electron chi connectivity index (χ1n) is 7.18. The van der Waals surface area contributed by atoms with Gasteiger partial charge >= 0.3 is 0 Å². The highest BCUT2D eigenvalue weighted by Gasteiger charge is 2.03. The van der Waals surface area contributed by atoms with Crippen molar-refractivity contribution in [1.29, 1.82) is 0 Å². The van der Waals surface area contributed by atoms with Crippen molar-refractivity contribution in [2.24, 2.45) is 0 Å². The highest BCUT2D eigenvalue weighted by atomic mass is 15.0. The number of benzene rings is 1.